The molecule has 17 heavy (non-hydrogen) atoms. The molecular formula is C12H23NO4. The molecule has 0 saturated carbocycles. The standard InChI is InChI=1S/C12H23NO4/c1-3-5-16-6-4-12(15)13-7-11(8-14)17-9-10(13)2/h10-11,14H,3-9H2,1-2H3. The molecule has 1 saturated heterocycles. The Morgan fingerprint density at radius 2 is 2.29 bits per heavy atom. The summed E-state index contributed by atoms with van der Waals surface area (Å²) in [5.41, 5.74) is 0. The number of ether oxygens (including phenoxy) is 2. The maximum Gasteiger partial charge on any atom is 0.225 e. The van der Waals surface area contributed by atoms with Crippen LogP contribution < -0.4 is 0 Å². The molecule has 1 amide bonds. The molecule has 0 aromatic carbocycles. The third-order valence-electron chi connectivity index (χ3n) is 2.84. The number of aliphatic hydroxyl groups is 1. The summed E-state index contributed by atoms with van der Waals surface area (Å²) in [5, 5.41) is 9.04. The monoisotopic (exact) mass is 245 g/mol. The summed E-state index contributed by atoms with van der Waals surface area (Å²) in [6.07, 6.45) is 1.13. The smallest absolute Gasteiger partial charge is 0.225 e. The van der Waals surface area contributed by atoms with E-state index < -0.39 is 0 Å². The van der Waals surface area contributed by atoms with Crippen molar-refractivity contribution >= 4 is 5.91 Å². The molecule has 5 nitrogen and oxygen atoms in total. The van der Waals surface area contributed by atoms with Crippen LogP contribution in [0.15, 0.2) is 0 Å². The van der Waals surface area contributed by atoms with Gasteiger partial charge in [-0.15, -0.1) is 0 Å². The van der Waals surface area contributed by atoms with E-state index in [0.29, 0.717) is 32.8 Å². The van der Waals surface area contributed by atoms with E-state index in [-0.39, 0.29) is 24.7 Å². The fraction of sp³-hybridized carbons (Fsp3) is 0.917. The highest BCUT2D eigenvalue weighted by molar-refractivity contribution is 5.76. The van der Waals surface area contributed by atoms with Crippen LogP contribution >= 0.6 is 0 Å². The first-order valence-electron chi connectivity index (χ1n) is 6.28. The van der Waals surface area contributed by atoms with Crippen molar-refractivity contribution in [2.45, 2.75) is 38.8 Å². The van der Waals surface area contributed by atoms with E-state index in [2.05, 4.69) is 0 Å². The maximum absolute atomic E-state index is 11.9. The van der Waals surface area contributed by atoms with Crippen LogP contribution in [0.4, 0.5) is 0 Å². The second-order valence-corrected chi connectivity index (χ2v) is 4.40. The van der Waals surface area contributed by atoms with Crippen molar-refractivity contribution in [2.75, 3.05) is 33.0 Å². The van der Waals surface area contributed by atoms with Crippen molar-refractivity contribution in [1.29, 1.82) is 0 Å². The van der Waals surface area contributed by atoms with Crippen LogP contribution in [0.2, 0.25) is 0 Å². The van der Waals surface area contributed by atoms with Gasteiger partial charge in [-0.1, -0.05) is 6.92 Å². The Kier molecular flexibility index (Phi) is 6.47. The Bertz CT molecular complexity index is 235. The van der Waals surface area contributed by atoms with Crippen LogP contribution in [0.3, 0.4) is 0 Å². The van der Waals surface area contributed by atoms with Gasteiger partial charge in [0.1, 0.15) is 0 Å². The minimum absolute atomic E-state index is 0.0389. The highest BCUT2D eigenvalue weighted by atomic mass is 16.5. The molecule has 0 spiro atoms. The van der Waals surface area contributed by atoms with Crippen LogP contribution in [-0.4, -0.2) is 61.0 Å². The summed E-state index contributed by atoms with van der Waals surface area (Å²) < 4.78 is 10.7. The van der Waals surface area contributed by atoms with Crippen LogP contribution in [-0.2, 0) is 14.3 Å². The number of nitrogens with zero attached hydrogens (tertiary/aromatic N) is 1. The summed E-state index contributed by atoms with van der Waals surface area (Å²) in [4.78, 5) is 13.7. The van der Waals surface area contributed by atoms with Crippen LogP contribution in [0.1, 0.15) is 26.7 Å². The van der Waals surface area contributed by atoms with E-state index in [1.165, 1.54) is 0 Å². The highest BCUT2D eigenvalue weighted by Crippen LogP contribution is 2.12. The lowest BCUT2D eigenvalue weighted by Crippen LogP contribution is -2.52. The molecule has 2 unspecified atom stereocenters. The molecule has 5 heteroatoms. The number of carbonyl (C=O) groups is 1. The van der Waals surface area contributed by atoms with Crippen LogP contribution in [0, 0.1) is 0 Å². The number of hydrogen-bond acceptors (Lipinski definition) is 4. The first-order valence-corrected chi connectivity index (χ1v) is 6.28. The quantitative estimate of drug-likeness (QED) is 0.689. The zero-order chi connectivity index (χ0) is 12.7. The summed E-state index contributed by atoms with van der Waals surface area (Å²) in [7, 11) is 0. The van der Waals surface area contributed by atoms with Crippen molar-refractivity contribution < 1.29 is 19.4 Å². The molecule has 1 fully saturated rings. The van der Waals surface area contributed by atoms with E-state index in [4.69, 9.17) is 14.6 Å². The minimum Gasteiger partial charge on any atom is -0.394 e. The lowest BCUT2D eigenvalue weighted by molar-refractivity contribution is -0.147. The molecule has 1 rings (SSSR count). The fourth-order valence-corrected chi connectivity index (χ4v) is 1.82. The Balaban J connectivity index is 2.32. The zero-order valence-electron chi connectivity index (χ0n) is 10.7. The Morgan fingerprint density at radius 1 is 1.53 bits per heavy atom. The molecule has 0 aromatic rings. The molecule has 2 atom stereocenters. The van der Waals surface area contributed by atoms with Crippen molar-refractivity contribution in [3.63, 3.8) is 0 Å². The van der Waals surface area contributed by atoms with Gasteiger partial charge >= 0.3 is 0 Å². The molecular weight excluding hydrogens is 222 g/mol. The summed E-state index contributed by atoms with van der Waals surface area (Å²) in [6.45, 7) is 6.10. The summed E-state index contributed by atoms with van der Waals surface area (Å²) in [6, 6.07) is 0.0801. The van der Waals surface area contributed by atoms with Gasteiger partial charge in [0, 0.05) is 13.2 Å². The molecule has 1 heterocycles. The third-order valence-corrected chi connectivity index (χ3v) is 2.84. The number of morpholine rings is 1. The van der Waals surface area contributed by atoms with Gasteiger partial charge in [0.2, 0.25) is 5.91 Å². The average molecular weight is 245 g/mol. The number of amides is 1. The molecule has 0 radical (unpaired) electrons. The number of hydrogen-bond donors (Lipinski definition) is 1. The summed E-state index contributed by atoms with van der Waals surface area (Å²) in [5.74, 6) is 0.0790. The van der Waals surface area contributed by atoms with Gasteiger partial charge in [-0.3, -0.25) is 4.79 Å². The lowest BCUT2D eigenvalue weighted by Gasteiger charge is -2.37. The largest absolute Gasteiger partial charge is 0.394 e. The maximum atomic E-state index is 11.9. The molecule has 0 aromatic heterocycles. The van der Waals surface area contributed by atoms with Gasteiger partial charge in [0.15, 0.2) is 0 Å². The molecule has 1 aliphatic rings. The SMILES string of the molecule is CCCOCCC(=O)N1CC(CO)OCC1C. The van der Waals surface area contributed by atoms with Crippen molar-refractivity contribution in [1.82, 2.24) is 4.90 Å². The Labute approximate surface area is 103 Å². The van der Waals surface area contributed by atoms with Crippen LogP contribution in [0.5, 0.6) is 0 Å². The van der Waals surface area contributed by atoms with Gasteiger partial charge < -0.3 is 19.5 Å². The van der Waals surface area contributed by atoms with E-state index in [9.17, 15) is 4.79 Å². The zero-order valence-corrected chi connectivity index (χ0v) is 10.7. The van der Waals surface area contributed by atoms with Gasteiger partial charge in [-0.05, 0) is 13.3 Å². The molecule has 0 bridgehead atoms. The van der Waals surface area contributed by atoms with Crippen molar-refractivity contribution in [3.8, 4) is 0 Å². The molecule has 1 N–H and O–H groups in total. The second kappa shape index (κ2) is 7.63. The number of carbonyl (C=O) groups excluding carboxylic acids is 1. The Hall–Kier alpha value is -0.650. The van der Waals surface area contributed by atoms with Gasteiger partial charge in [-0.2, -0.15) is 0 Å². The first-order chi connectivity index (χ1) is 8.19. The van der Waals surface area contributed by atoms with Crippen molar-refractivity contribution in [3.05, 3.63) is 0 Å². The topological polar surface area (TPSA) is 59.0 Å². The Morgan fingerprint density at radius 3 is 2.94 bits per heavy atom. The number of aliphatic hydroxyl groups excluding tert-OH is 1. The molecule has 0 aliphatic carbocycles. The number of rotatable bonds is 6. The normalized spacial score (nSPS) is 25.0. The average Bonchev–Trinajstić information content (AvgIpc) is 2.35. The fourth-order valence-electron chi connectivity index (χ4n) is 1.82. The first kappa shape index (κ1) is 14.4. The third kappa shape index (κ3) is 4.61. The summed E-state index contributed by atoms with van der Waals surface area (Å²) >= 11 is 0. The van der Waals surface area contributed by atoms with Crippen LogP contribution in [0.25, 0.3) is 0 Å². The van der Waals surface area contributed by atoms with E-state index >= 15 is 0 Å². The molecule has 100 valence electrons. The molecule has 1 aliphatic heterocycles. The predicted octanol–water partition coefficient (Wildman–Crippen LogP) is 0.411. The van der Waals surface area contributed by atoms with Gasteiger partial charge in [-0.25, -0.2) is 0 Å². The van der Waals surface area contributed by atoms with Gasteiger partial charge in [0.25, 0.3) is 0 Å². The van der Waals surface area contributed by atoms with E-state index in [1.807, 2.05) is 13.8 Å². The minimum atomic E-state index is -0.244. The van der Waals surface area contributed by atoms with E-state index in [0.717, 1.165) is 6.42 Å². The second-order valence-electron chi connectivity index (χ2n) is 4.40. The highest BCUT2D eigenvalue weighted by Gasteiger charge is 2.28. The predicted molar refractivity (Wildman–Crippen MR) is 63.7 cm³/mol. The van der Waals surface area contributed by atoms with E-state index in [1.54, 1.807) is 4.90 Å². The van der Waals surface area contributed by atoms with Crippen molar-refractivity contribution in [2.24, 2.45) is 0 Å². The lowest BCUT2D eigenvalue weighted by atomic mass is 10.2. The van der Waals surface area contributed by atoms with Gasteiger partial charge in [0.05, 0.1) is 38.4 Å².